The van der Waals surface area contributed by atoms with Gasteiger partial charge in [0.15, 0.2) is 0 Å². The van der Waals surface area contributed by atoms with Crippen LogP contribution in [0.3, 0.4) is 0 Å². The summed E-state index contributed by atoms with van der Waals surface area (Å²) in [6.07, 6.45) is 0. The van der Waals surface area contributed by atoms with Crippen molar-refractivity contribution in [3.8, 4) is 0 Å². The zero-order valence-electron chi connectivity index (χ0n) is 13.3. The Morgan fingerprint density at radius 2 is 1.61 bits per heavy atom. The minimum absolute atomic E-state index is 0.0283. The van der Waals surface area contributed by atoms with Crippen LogP contribution in [0.2, 0.25) is 0 Å². The number of thioether (sulfide) groups is 1. The van der Waals surface area contributed by atoms with E-state index in [0.29, 0.717) is 5.75 Å². The Hall–Kier alpha value is -2.26. The number of hydrogen-bond donors (Lipinski definition) is 1. The lowest BCUT2D eigenvalue weighted by Gasteiger charge is -2.11. The fourth-order valence-electron chi connectivity index (χ4n) is 2.59. The van der Waals surface area contributed by atoms with E-state index in [9.17, 15) is 4.79 Å². The minimum atomic E-state index is 0.0283. The number of nitrogens with one attached hydrogen (secondary N) is 1. The van der Waals surface area contributed by atoms with Gasteiger partial charge in [-0.15, -0.1) is 11.8 Å². The van der Waals surface area contributed by atoms with Gasteiger partial charge in [0, 0.05) is 10.6 Å². The van der Waals surface area contributed by atoms with Gasteiger partial charge in [-0.2, -0.15) is 0 Å². The van der Waals surface area contributed by atoms with E-state index in [4.69, 9.17) is 0 Å². The number of anilines is 1. The molecule has 0 fully saturated rings. The van der Waals surface area contributed by atoms with E-state index in [1.54, 1.807) is 11.8 Å². The van der Waals surface area contributed by atoms with E-state index >= 15 is 0 Å². The van der Waals surface area contributed by atoms with Gasteiger partial charge >= 0.3 is 0 Å². The van der Waals surface area contributed by atoms with Crippen molar-refractivity contribution in [2.75, 3.05) is 11.1 Å². The summed E-state index contributed by atoms with van der Waals surface area (Å²) in [5, 5.41) is 5.45. The molecular formula is C20H19NOS. The van der Waals surface area contributed by atoms with Crippen LogP contribution in [0, 0.1) is 13.8 Å². The van der Waals surface area contributed by atoms with Crippen LogP contribution in [0.1, 0.15) is 11.1 Å². The molecule has 23 heavy (non-hydrogen) atoms. The fraction of sp³-hybridized carbons (Fsp3) is 0.150. The van der Waals surface area contributed by atoms with Gasteiger partial charge in [0.1, 0.15) is 0 Å². The number of hydrogen-bond acceptors (Lipinski definition) is 2. The van der Waals surface area contributed by atoms with Gasteiger partial charge in [-0.05, 0) is 47.9 Å². The van der Waals surface area contributed by atoms with Crippen LogP contribution in [-0.4, -0.2) is 11.7 Å². The zero-order chi connectivity index (χ0) is 16.2. The van der Waals surface area contributed by atoms with Gasteiger partial charge < -0.3 is 5.32 Å². The summed E-state index contributed by atoms with van der Waals surface area (Å²) in [4.78, 5) is 13.3. The van der Waals surface area contributed by atoms with Crippen LogP contribution in [0.15, 0.2) is 65.6 Å². The van der Waals surface area contributed by atoms with Gasteiger partial charge in [-0.1, -0.05) is 48.5 Å². The second kappa shape index (κ2) is 6.88. The predicted molar refractivity (Wildman–Crippen MR) is 99.2 cm³/mol. The van der Waals surface area contributed by atoms with Crippen LogP contribution in [0.5, 0.6) is 0 Å². The van der Waals surface area contributed by atoms with E-state index < -0.39 is 0 Å². The lowest BCUT2D eigenvalue weighted by atomic mass is 10.1. The molecule has 116 valence electrons. The summed E-state index contributed by atoms with van der Waals surface area (Å²) in [5.41, 5.74) is 3.11. The fourth-order valence-corrected chi connectivity index (χ4v) is 3.34. The summed E-state index contributed by atoms with van der Waals surface area (Å²) in [6, 6.07) is 20.6. The molecular weight excluding hydrogens is 302 g/mol. The van der Waals surface area contributed by atoms with E-state index in [0.717, 1.165) is 21.7 Å². The number of carbonyl (C=O) groups is 1. The smallest absolute Gasteiger partial charge is 0.234 e. The Bertz CT molecular complexity index is 837. The van der Waals surface area contributed by atoms with Gasteiger partial charge in [0.25, 0.3) is 0 Å². The lowest BCUT2D eigenvalue weighted by molar-refractivity contribution is -0.113. The van der Waals surface area contributed by atoms with Crippen molar-refractivity contribution in [3.63, 3.8) is 0 Å². The number of aryl methyl sites for hydroxylation is 2. The van der Waals surface area contributed by atoms with E-state index in [1.165, 1.54) is 10.8 Å². The summed E-state index contributed by atoms with van der Waals surface area (Å²) < 4.78 is 0. The van der Waals surface area contributed by atoms with Crippen molar-refractivity contribution in [1.82, 2.24) is 0 Å². The molecule has 3 rings (SSSR count). The molecule has 0 aliphatic rings. The highest BCUT2D eigenvalue weighted by Crippen LogP contribution is 2.24. The Balaban J connectivity index is 1.66. The van der Waals surface area contributed by atoms with Crippen molar-refractivity contribution in [3.05, 3.63) is 71.8 Å². The van der Waals surface area contributed by atoms with Gasteiger partial charge in [0.05, 0.1) is 5.75 Å². The van der Waals surface area contributed by atoms with Gasteiger partial charge in [-0.25, -0.2) is 0 Å². The first-order valence-corrected chi connectivity index (χ1v) is 8.60. The van der Waals surface area contributed by atoms with Crippen LogP contribution in [-0.2, 0) is 4.79 Å². The van der Waals surface area contributed by atoms with Crippen molar-refractivity contribution in [2.45, 2.75) is 18.7 Å². The van der Waals surface area contributed by atoms with Crippen molar-refractivity contribution >= 4 is 34.1 Å². The number of rotatable bonds is 4. The maximum absolute atomic E-state index is 12.2. The molecule has 0 atom stereocenters. The molecule has 0 bridgehead atoms. The molecule has 0 radical (unpaired) electrons. The second-order valence-corrected chi connectivity index (χ2v) is 6.66. The molecule has 0 unspecified atom stereocenters. The Kier molecular flexibility index (Phi) is 4.68. The molecule has 0 aliphatic carbocycles. The average Bonchev–Trinajstić information content (AvgIpc) is 2.56. The molecule has 1 N–H and O–H groups in total. The maximum Gasteiger partial charge on any atom is 0.234 e. The number of para-hydroxylation sites is 1. The first-order valence-electron chi connectivity index (χ1n) is 7.61. The van der Waals surface area contributed by atoms with Crippen molar-refractivity contribution < 1.29 is 4.79 Å². The molecule has 0 saturated carbocycles. The number of fused-ring (bicyclic) bond motifs is 1. The normalized spacial score (nSPS) is 10.7. The van der Waals surface area contributed by atoms with E-state index in [1.807, 2.05) is 44.2 Å². The third kappa shape index (κ3) is 3.74. The van der Waals surface area contributed by atoms with E-state index in [2.05, 4.69) is 35.6 Å². The zero-order valence-corrected chi connectivity index (χ0v) is 14.1. The lowest BCUT2D eigenvalue weighted by Crippen LogP contribution is -2.15. The summed E-state index contributed by atoms with van der Waals surface area (Å²) >= 11 is 1.56. The number of carbonyl (C=O) groups excluding carboxylic acids is 1. The van der Waals surface area contributed by atoms with E-state index in [-0.39, 0.29) is 5.91 Å². The summed E-state index contributed by atoms with van der Waals surface area (Å²) in [7, 11) is 0. The van der Waals surface area contributed by atoms with Crippen molar-refractivity contribution in [2.24, 2.45) is 0 Å². The monoisotopic (exact) mass is 321 g/mol. The average molecular weight is 321 g/mol. The standard InChI is InChI=1S/C20H19NOS/c1-14-6-5-7-15(2)20(14)21-19(22)13-23-18-11-10-16-8-3-4-9-17(16)12-18/h3-12H,13H2,1-2H3,(H,21,22). The van der Waals surface area contributed by atoms with Crippen molar-refractivity contribution in [1.29, 1.82) is 0 Å². The summed E-state index contributed by atoms with van der Waals surface area (Å²) in [6.45, 7) is 4.03. The second-order valence-electron chi connectivity index (χ2n) is 5.61. The van der Waals surface area contributed by atoms with Gasteiger partial charge in [-0.3, -0.25) is 4.79 Å². The Morgan fingerprint density at radius 3 is 2.35 bits per heavy atom. The first kappa shape index (κ1) is 15.6. The Morgan fingerprint density at radius 1 is 0.913 bits per heavy atom. The van der Waals surface area contributed by atoms with Crippen LogP contribution in [0.25, 0.3) is 10.8 Å². The SMILES string of the molecule is Cc1cccc(C)c1NC(=O)CSc1ccc2ccccc2c1. The highest BCUT2D eigenvalue weighted by molar-refractivity contribution is 8.00. The molecule has 0 heterocycles. The largest absolute Gasteiger partial charge is 0.325 e. The highest BCUT2D eigenvalue weighted by atomic mass is 32.2. The first-order chi connectivity index (χ1) is 11.1. The molecule has 3 aromatic carbocycles. The minimum Gasteiger partial charge on any atom is -0.325 e. The number of amides is 1. The molecule has 3 aromatic rings. The molecule has 0 spiro atoms. The molecule has 0 aromatic heterocycles. The van der Waals surface area contributed by atoms with Gasteiger partial charge in [0.2, 0.25) is 5.91 Å². The topological polar surface area (TPSA) is 29.1 Å². The molecule has 0 aliphatic heterocycles. The Labute approximate surface area is 140 Å². The molecule has 1 amide bonds. The third-order valence-electron chi connectivity index (χ3n) is 3.84. The van der Waals surface area contributed by atoms with Crippen LogP contribution >= 0.6 is 11.8 Å². The maximum atomic E-state index is 12.2. The third-order valence-corrected chi connectivity index (χ3v) is 4.83. The molecule has 0 saturated heterocycles. The quantitative estimate of drug-likeness (QED) is 0.670. The molecule has 2 nitrogen and oxygen atoms in total. The molecule has 3 heteroatoms. The predicted octanol–water partition coefficient (Wildman–Crippen LogP) is 5.19. The number of benzene rings is 3. The van der Waals surface area contributed by atoms with Crippen LogP contribution in [0.4, 0.5) is 5.69 Å². The highest BCUT2D eigenvalue weighted by Gasteiger charge is 2.08. The van der Waals surface area contributed by atoms with Crippen LogP contribution < -0.4 is 5.32 Å². The summed E-state index contributed by atoms with van der Waals surface area (Å²) in [5.74, 6) is 0.437.